The standard InChI is InChI=1S/C27H55NO4S.K/c1-2-3-4-5-6-7-8-9-10-11-12-13-14-15-16-17-18-19-20-21-22-24-27(29)28-25-23-26-33(30,31)32;/h2-26H2,1H3,(H,28,29)(H,30,31,32);/q;+1/p-1. The smallest absolute Gasteiger partial charge is 0.862 e. The van der Waals surface area contributed by atoms with E-state index in [2.05, 4.69) is 11.9 Å². The Labute approximate surface area is 254 Å². The fourth-order valence-electron chi connectivity index (χ4n) is 4.24. The molecule has 0 rings (SSSR count). The van der Waals surface area contributed by atoms with Gasteiger partial charge in [-0.2, -0.15) is 8.42 Å². The average Bonchev–Trinajstić information content (AvgIpc) is 2.77. The monoisotopic (exact) mass is 527 g/mol. The van der Waals surface area contributed by atoms with Crippen LogP contribution in [0.4, 0.5) is 0 Å². The molecule has 0 aromatic heterocycles. The van der Waals surface area contributed by atoms with Crippen LogP contribution in [0.15, 0.2) is 4.99 Å². The molecule has 0 saturated heterocycles. The molecule has 0 saturated carbocycles. The summed E-state index contributed by atoms with van der Waals surface area (Å²) in [4.78, 5) is 3.83. The van der Waals surface area contributed by atoms with Gasteiger partial charge in [0.1, 0.15) is 0 Å². The fraction of sp³-hybridized carbons (Fsp3) is 0.963. The predicted octanol–water partition coefficient (Wildman–Crippen LogP) is 4.63. The predicted molar refractivity (Wildman–Crippen MR) is 141 cm³/mol. The first-order chi connectivity index (χ1) is 16.0. The second-order valence-electron chi connectivity index (χ2n) is 9.74. The minimum absolute atomic E-state index is 0. The van der Waals surface area contributed by atoms with E-state index < -0.39 is 10.1 Å². The molecule has 0 fully saturated rings. The molecule has 0 aromatic carbocycles. The van der Waals surface area contributed by atoms with E-state index in [0.717, 1.165) is 12.8 Å². The Bertz CT molecular complexity index is 541. The van der Waals surface area contributed by atoms with E-state index in [1.807, 2.05) is 0 Å². The van der Waals surface area contributed by atoms with Crippen LogP contribution in [0.1, 0.15) is 155 Å². The van der Waals surface area contributed by atoms with Crippen molar-refractivity contribution in [1.29, 1.82) is 0 Å². The summed E-state index contributed by atoms with van der Waals surface area (Å²) < 4.78 is 29.8. The van der Waals surface area contributed by atoms with Crippen LogP contribution in [0.5, 0.6) is 0 Å². The van der Waals surface area contributed by atoms with E-state index in [9.17, 15) is 13.5 Å². The van der Waals surface area contributed by atoms with E-state index in [0.29, 0.717) is 6.42 Å². The molecule has 0 unspecified atom stereocenters. The molecule has 34 heavy (non-hydrogen) atoms. The van der Waals surface area contributed by atoms with Gasteiger partial charge in [-0.05, 0) is 25.2 Å². The maximum atomic E-state index is 11.6. The Morgan fingerprint density at radius 2 is 0.941 bits per heavy atom. The molecule has 0 aliphatic heterocycles. The zero-order valence-corrected chi connectivity index (χ0v) is 26.6. The third kappa shape index (κ3) is 33.0. The van der Waals surface area contributed by atoms with Crippen molar-refractivity contribution in [3.8, 4) is 0 Å². The summed E-state index contributed by atoms with van der Waals surface area (Å²) >= 11 is 0. The molecule has 198 valence electrons. The Morgan fingerprint density at radius 1 is 0.618 bits per heavy atom. The van der Waals surface area contributed by atoms with Crippen molar-refractivity contribution in [2.45, 2.75) is 155 Å². The molecule has 0 aliphatic carbocycles. The van der Waals surface area contributed by atoms with Crippen LogP contribution < -0.4 is 56.5 Å². The second kappa shape index (κ2) is 28.6. The number of hydrogen-bond acceptors (Lipinski definition) is 4. The summed E-state index contributed by atoms with van der Waals surface area (Å²) in [5.74, 6) is -0.480. The van der Waals surface area contributed by atoms with Gasteiger partial charge in [0.05, 0.1) is 5.75 Å². The maximum Gasteiger partial charge on any atom is 1.00 e. The van der Waals surface area contributed by atoms with Crippen molar-refractivity contribution in [2.75, 3.05) is 12.3 Å². The van der Waals surface area contributed by atoms with Crippen molar-refractivity contribution >= 4 is 16.0 Å². The van der Waals surface area contributed by atoms with Crippen molar-refractivity contribution in [1.82, 2.24) is 0 Å². The average molecular weight is 528 g/mol. The van der Waals surface area contributed by atoms with Crippen molar-refractivity contribution in [3.63, 3.8) is 0 Å². The summed E-state index contributed by atoms with van der Waals surface area (Å²) in [7, 11) is -3.94. The van der Waals surface area contributed by atoms with Gasteiger partial charge in [0.25, 0.3) is 10.1 Å². The SMILES string of the molecule is CCCCCCCCCCCCCCCCCCCCCCCC([O-])=NCCCS(=O)(=O)O.[K+]. The molecule has 7 heteroatoms. The number of aliphatic imine (C=N–C) groups is 1. The first kappa shape index (κ1) is 37.2. The van der Waals surface area contributed by atoms with Gasteiger partial charge in [-0.3, -0.25) is 4.55 Å². The van der Waals surface area contributed by atoms with Crippen molar-refractivity contribution in [2.24, 2.45) is 4.99 Å². The minimum atomic E-state index is -3.94. The van der Waals surface area contributed by atoms with E-state index in [4.69, 9.17) is 4.55 Å². The Hall–Kier alpha value is 1.02. The topological polar surface area (TPSA) is 89.8 Å². The zero-order valence-electron chi connectivity index (χ0n) is 22.7. The number of hydrogen-bond donors (Lipinski definition) is 1. The Morgan fingerprint density at radius 3 is 1.26 bits per heavy atom. The largest absolute Gasteiger partial charge is 1.00 e. The van der Waals surface area contributed by atoms with Crippen LogP contribution in [0, 0.1) is 0 Å². The molecule has 5 nitrogen and oxygen atoms in total. The first-order valence-corrected chi connectivity index (χ1v) is 15.7. The van der Waals surface area contributed by atoms with Gasteiger partial charge < -0.3 is 10.1 Å². The van der Waals surface area contributed by atoms with E-state index >= 15 is 0 Å². The molecule has 0 radical (unpaired) electrons. The molecular formula is C27H54KNO4S. The summed E-state index contributed by atoms with van der Waals surface area (Å²) in [6.07, 6.45) is 28.8. The van der Waals surface area contributed by atoms with Gasteiger partial charge in [-0.25, -0.2) is 0 Å². The van der Waals surface area contributed by atoms with E-state index in [1.165, 1.54) is 122 Å². The molecule has 0 heterocycles. The van der Waals surface area contributed by atoms with Gasteiger partial charge >= 0.3 is 51.4 Å². The van der Waals surface area contributed by atoms with Gasteiger partial charge in [-0.1, -0.05) is 135 Å². The summed E-state index contributed by atoms with van der Waals surface area (Å²) in [6, 6.07) is 0. The molecule has 0 aromatic rings. The number of nitrogens with zero attached hydrogens (tertiary/aromatic N) is 1. The molecule has 0 amide bonds. The van der Waals surface area contributed by atoms with Crippen LogP contribution in [0.25, 0.3) is 0 Å². The van der Waals surface area contributed by atoms with E-state index in [1.54, 1.807) is 0 Å². The van der Waals surface area contributed by atoms with Gasteiger partial charge in [0.15, 0.2) is 0 Å². The van der Waals surface area contributed by atoms with Crippen molar-refractivity contribution in [3.05, 3.63) is 0 Å². The zero-order chi connectivity index (χ0) is 24.5. The third-order valence-corrected chi connectivity index (χ3v) is 7.15. The van der Waals surface area contributed by atoms with Gasteiger partial charge in [-0.15, -0.1) is 0 Å². The summed E-state index contributed by atoms with van der Waals surface area (Å²) in [5.41, 5.74) is 0. The Kier molecular flexibility index (Phi) is 31.3. The summed E-state index contributed by atoms with van der Waals surface area (Å²) in [5, 5.41) is 11.6. The molecule has 0 bridgehead atoms. The molecule has 0 atom stereocenters. The van der Waals surface area contributed by atoms with Crippen LogP contribution in [-0.4, -0.2) is 31.2 Å². The fourth-order valence-corrected chi connectivity index (χ4v) is 4.73. The molecule has 1 N–H and O–H groups in total. The van der Waals surface area contributed by atoms with Crippen molar-refractivity contribution < 1.29 is 69.5 Å². The number of unbranched alkanes of at least 4 members (excludes halogenated alkanes) is 20. The first-order valence-electron chi connectivity index (χ1n) is 14.1. The maximum absolute atomic E-state index is 11.6. The minimum Gasteiger partial charge on any atom is -0.862 e. The second-order valence-corrected chi connectivity index (χ2v) is 11.3. The van der Waals surface area contributed by atoms with Crippen LogP contribution in [0.2, 0.25) is 0 Å². The van der Waals surface area contributed by atoms with Crippen LogP contribution >= 0.6 is 0 Å². The third-order valence-electron chi connectivity index (χ3n) is 6.34. The molecular weight excluding hydrogens is 473 g/mol. The molecule has 0 aliphatic rings. The van der Waals surface area contributed by atoms with E-state index in [-0.39, 0.29) is 76.0 Å². The summed E-state index contributed by atoms with van der Waals surface area (Å²) in [6.45, 7) is 2.46. The Balaban J connectivity index is 0. The van der Waals surface area contributed by atoms with Gasteiger partial charge in [0.2, 0.25) is 0 Å². The quantitative estimate of drug-likeness (QED) is 0.0584. The van der Waals surface area contributed by atoms with Crippen LogP contribution in [0.3, 0.4) is 0 Å². The number of rotatable bonds is 26. The molecule has 0 spiro atoms. The normalized spacial score (nSPS) is 12.1. The van der Waals surface area contributed by atoms with Gasteiger partial charge in [0, 0.05) is 6.54 Å². The van der Waals surface area contributed by atoms with Crippen LogP contribution in [-0.2, 0) is 10.1 Å².